The van der Waals surface area contributed by atoms with Crippen molar-refractivity contribution in [3.8, 4) is 6.07 Å². The largest absolute Gasteiger partial charge is 0.459 e. The van der Waals surface area contributed by atoms with Crippen molar-refractivity contribution in [2.45, 2.75) is 332 Å². The molecule has 15 fully saturated rings. The quantitative estimate of drug-likeness (QED) is 0.0825. The lowest BCUT2D eigenvalue weighted by Gasteiger charge is -2.62. The van der Waals surface area contributed by atoms with Crippen LogP contribution in [0.4, 0.5) is 0 Å². The van der Waals surface area contributed by atoms with E-state index in [0.717, 1.165) is 88.9 Å². The molecule has 0 aromatic heterocycles. The summed E-state index contributed by atoms with van der Waals surface area (Å²) < 4.78 is 49.6. The molecule has 2 saturated heterocycles. The number of aliphatic hydroxyl groups is 1. The van der Waals surface area contributed by atoms with E-state index in [1.807, 2.05) is 69.2 Å². The molecule has 101 heavy (non-hydrogen) atoms. The van der Waals surface area contributed by atoms with Gasteiger partial charge in [-0.05, 0) is 265 Å². The molecule has 2 heterocycles. The normalized spacial score (nSPS) is 36.3. The average molecular weight is 1420 g/mol. The molecule has 20 nitrogen and oxygen atoms in total. The Balaban J connectivity index is 0.000000148. The minimum Gasteiger partial charge on any atom is -0.459 e. The highest BCUT2D eigenvalue weighted by Gasteiger charge is 2.73. The summed E-state index contributed by atoms with van der Waals surface area (Å²) in [7, 11) is 0. The third-order valence-electron chi connectivity index (χ3n) is 27.9. The minimum absolute atomic E-state index is 0.00636. The van der Waals surface area contributed by atoms with Gasteiger partial charge in [0.25, 0.3) is 0 Å². The van der Waals surface area contributed by atoms with Crippen LogP contribution in [0, 0.1) is 115 Å². The summed E-state index contributed by atoms with van der Waals surface area (Å²) in [6.07, 6.45) is 22.3. The van der Waals surface area contributed by atoms with Crippen molar-refractivity contribution in [2.75, 3.05) is 13.2 Å². The van der Waals surface area contributed by atoms with Crippen LogP contribution in [0.2, 0.25) is 0 Å². The number of rotatable bonds is 21. The zero-order valence-corrected chi connectivity index (χ0v) is 64.6. The maximum Gasteiger partial charge on any atom is 0.344 e. The van der Waals surface area contributed by atoms with Gasteiger partial charge < -0.3 is 47.7 Å². The van der Waals surface area contributed by atoms with Gasteiger partial charge in [-0.3, -0.25) is 33.6 Å². The van der Waals surface area contributed by atoms with Crippen LogP contribution < -0.4 is 0 Å². The fourth-order valence-electron chi connectivity index (χ4n) is 20.0. The van der Waals surface area contributed by atoms with Gasteiger partial charge in [0.1, 0.15) is 41.2 Å². The van der Waals surface area contributed by atoms with Gasteiger partial charge in [-0.1, -0.05) is 55.4 Å². The van der Waals surface area contributed by atoms with Crippen molar-refractivity contribution in [3.05, 3.63) is 0 Å². The van der Waals surface area contributed by atoms with Crippen LogP contribution in [-0.2, 0) is 85.8 Å². The van der Waals surface area contributed by atoms with Gasteiger partial charge >= 0.3 is 53.7 Å². The second kappa shape index (κ2) is 29.9. The molecule has 0 aromatic carbocycles. The van der Waals surface area contributed by atoms with E-state index >= 15 is 0 Å². The van der Waals surface area contributed by atoms with E-state index in [9.17, 15) is 53.5 Å². The van der Waals surface area contributed by atoms with Gasteiger partial charge in [0.2, 0.25) is 0 Å². The lowest BCUT2D eigenvalue weighted by atomic mass is 9.47. The third kappa shape index (κ3) is 16.1. The smallest absolute Gasteiger partial charge is 0.344 e. The molecule has 0 amide bonds. The molecule has 12 unspecified atom stereocenters. The first-order chi connectivity index (χ1) is 47.1. The van der Waals surface area contributed by atoms with E-state index in [1.54, 1.807) is 27.7 Å². The van der Waals surface area contributed by atoms with Crippen molar-refractivity contribution < 1.29 is 90.9 Å². The summed E-state index contributed by atoms with van der Waals surface area (Å²) in [5, 5.41) is 20.0. The number of nitriles is 1. The summed E-state index contributed by atoms with van der Waals surface area (Å²) in [4.78, 5) is 108. The molecule has 1 N–H and O–H groups in total. The molecule has 0 spiro atoms. The first kappa shape index (κ1) is 79.8. The first-order valence-corrected chi connectivity index (χ1v) is 39.1. The van der Waals surface area contributed by atoms with Gasteiger partial charge in [0.15, 0.2) is 18.6 Å². The van der Waals surface area contributed by atoms with E-state index < -0.39 is 75.9 Å². The Morgan fingerprint density at radius 1 is 0.535 bits per heavy atom. The van der Waals surface area contributed by atoms with E-state index in [-0.39, 0.29) is 99.9 Å². The molecule has 568 valence electrons. The molecule has 0 radical (unpaired) electrons. The average Bonchev–Trinajstić information content (AvgIpc) is 1.38. The van der Waals surface area contributed by atoms with Crippen molar-refractivity contribution in [2.24, 2.45) is 104 Å². The Morgan fingerprint density at radius 2 is 0.980 bits per heavy atom. The van der Waals surface area contributed by atoms with Crippen LogP contribution in [0.15, 0.2) is 0 Å². The number of esters is 9. The fourth-order valence-corrected chi connectivity index (χ4v) is 20.0. The van der Waals surface area contributed by atoms with Crippen molar-refractivity contribution in [1.29, 1.82) is 5.26 Å². The summed E-state index contributed by atoms with van der Waals surface area (Å²) >= 11 is 0. The molecular weight excluding hydrogens is 1290 g/mol. The fraction of sp³-hybridized carbons (Fsp3) is 0.877. The van der Waals surface area contributed by atoms with E-state index in [4.69, 9.17) is 42.6 Å². The standard InChI is InChI=1S/C19H32O2.C17H21NO6.C16H22O6.C16H26O3.C13H24O2/c1-6-18(4,5)17(20)21-19(12(2)3)15-8-13-7-14(10-15)11-16(19)9-13;1-4-16(2,3)14(20)22-7-11(19)23-12-9-5-10-13(12)24-15(21)17(10,6-9)8-18;1-4-16(2,3)15(19)20-7-11(17)21-12-8-5-9-10(6-8)14(18)22-13(9)12;1-4-14(2,3)13(17)19-16-8-11-5-12(9-16)7-15(18,6-11)10-16;1-5-12(3,4)11(14)15-13(6-2)9-7-8-10-13/h12-16H,6-11H2,1-5H3;9-10,12-13H,4-7H2,1-3H3;8-10,12-13H,4-7H2,1-3H3;11-12,18H,4-10H2,1-3H3;5-10H2,1-4H3. The summed E-state index contributed by atoms with van der Waals surface area (Å²) in [5.41, 5.74) is -4.63. The van der Waals surface area contributed by atoms with E-state index in [2.05, 4.69) is 33.8 Å². The predicted molar refractivity (Wildman–Crippen MR) is 373 cm³/mol. The molecule has 12 atom stereocenters. The molecule has 20 heteroatoms. The molecule has 15 aliphatic rings. The van der Waals surface area contributed by atoms with Gasteiger partial charge in [-0.2, -0.15) is 5.26 Å². The summed E-state index contributed by atoms with van der Waals surface area (Å²) in [5.74, 6) is 1.90. The highest BCUT2D eigenvalue weighted by Crippen LogP contribution is 2.65. The number of hydrogen-bond donors (Lipinski definition) is 1. The van der Waals surface area contributed by atoms with Crippen LogP contribution in [-0.4, -0.2) is 119 Å². The number of fused-ring (bicyclic) bond motifs is 2. The monoisotopic (exact) mass is 1420 g/mol. The van der Waals surface area contributed by atoms with Crippen molar-refractivity contribution in [1.82, 2.24) is 0 Å². The Morgan fingerprint density at radius 3 is 1.43 bits per heavy atom. The summed E-state index contributed by atoms with van der Waals surface area (Å²) in [6.45, 7) is 34.6. The van der Waals surface area contributed by atoms with Gasteiger partial charge in [-0.25, -0.2) is 9.59 Å². The van der Waals surface area contributed by atoms with Crippen LogP contribution in [0.1, 0.15) is 285 Å². The number of carbonyl (C=O) groups is 9. The Kier molecular flexibility index (Phi) is 23.6. The molecule has 12 bridgehead atoms. The second-order valence-electron chi connectivity index (χ2n) is 37.0. The second-order valence-corrected chi connectivity index (χ2v) is 37.0. The topological polar surface area (TPSA) is 281 Å². The van der Waals surface area contributed by atoms with Gasteiger partial charge in [0.05, 0.1) is 44.7 Å². The highest BCUT2D eigenvalue weighted by molar-refractivity contribution is 5.85. The number of hydrogen-bond acceptors (Lipinski definition) is 20. The zero-order chi connectivity index (χ0) is 74.6. The molecular formula is C81H125NO19. The third-order valence-corrected chi connectivity index (χ3v) is 27.9. The van der Waals surface area contributed by atoms with Crippen LogP contribution in [0.25, 0.3) is 0 Å². The Hall–Kier alpha value is -5.32. The number of carbonyl (C=O) groups excluding carboxylic acids is 9. The Labute approximate surface area is 602 Å². The van der Waals surface area contributed by atoms with E-state index in [1.165, 1.54) is 51.4 Å². The SMILES string of the molecule is CCC(C)(C)C(=O)OC1(C(C)C)C2CC3CC(C2)CC1C3.CCC(C)(C)C(=O)OC12CC3CC(CC(O)(C3)C1)C2.CCC(C)(C)C(=O)OCC(=O)OC1C2CC3C(=O)OC1C3C2.CCC(C)(C)C(=O)OCC(=O)OC1C2CC3C1OC(=O)C3(C#N)C2.CCC1(OC(=O)C(C)(C)CC)CCCC1. The molecule has 15 rings (SSSR count). The predicted octanol–water partition coefficient (Wildman–Crippen LogP) is 14.4. The van der Waals surface area contributed by atoms with E-state index in [0.29, 0.717) is 61.7 Å². The lowest BCUT2D eigenvalue weighted by Crippen LogP contribution is -2.63. The molecule has 13 aliphatic carbocycles. The molecule has 0 aromatic rings. The first-order valence-electron chi connectivity index (χ1n) is 39.1. The number of ether oxygens (including phenoxy) is 9. The van der Waals surface area contributed by atoms with Gasteiger partial charge in [-0.15, -0.1) is 0 Å². The maximum atomic E-state index is 12.8. The van der Waals surface area contributed by atoms with Crippen molar-refractivity contribution in [3.63, 3.8) is 0 Å². The van der Waals surface area contributed by atoms with Gasteiger partial charge in [0, 0.05) is 30.1 Å². The maximum absolute atomic E-state index is 12.8. The Bertz CT molecular complexity index is 3080. The van der Waals surface area contributed by atoms with Crippen molar-refractivity contribution >= 4 is 53.7 Å². The minimum atomic E-state index is -1.06. The number of nitrogens with zero attached hydrogens (tertiary/aromatic N) is 1. The molecule has 2 aliphatic heterocycles. The lowest BCUT2D eigenvalue weighted by molar-refractivity contribution is -0.231. The van der Waals surface area contributed by atoms with Crippen LogP contribution in [0.3, 0.4) is 0 Å². The van der Waals surface area contributed by atoms with Crippen LogP contribution in [0.5, 0.6) is 0 Å². The zero-order valence-electron chi connectivity index (χ0n) is 64.6. The highest BCUT2D eigenvalue weighted by atomic mass is 16.6. The van der Waals surface area contributed by atoms with Crippen LogP contribution >= 0.6 is 0 Å². The molecule has 13 saturated carbocycles. The summed E-state index contributed by atoms with van der Waals surface area (Å²) in [6, 6.07) is 2.10.